The number of piperazine rings is 1. The lowest BCUT2D eigenvalue weighted by molar-refractivity contribution is 0.218. The molecule has 0 aliphatic carbocycles. The van der Waals surface area contributed by atoms with Gasteiger partial charge in [0.1, 0.15) is 11.1 Å². The Hall–Kier alpha value is -2.21. The summed E-state index contributed by atoms with van der Waals surface area (Å²) >= 11 is 1.50. The lowest BCUT2D eigenvalue weighted by atomic mass is 10.1. The van der Waals surface area contributed by atoms with Crippen LogP contribution in [0, 0.1) is 6.92 Å². The van der Waals surface area contributed by atoms with Crippen LogP contribution < -0.4 is 4.90 Å². The molecule has 0 saturated carbocycles. The van der Waals surface area contributed by atoms with Crippen LogP contribution in [0.4, 0.5) is 5.69 Å². The summed E-state index contributed by atoms with van der Waals surface area (Å²) in [5.74, 6) is 0. The van der Waals surface area contributed by atoms with Crippen molar-refractivity contribution in [1.29, 1.82) is 0 Å². The molecule has 0 bridgehead atoms. The molecule has 2 heterocycles. The number of hydrogen-bond acceptors (Lipinski definition) is 5. The summed E-state index contributed by atoms with van der Waals surface area (Å²) in [6.07, 6.45) is 1.09. The molecule has 140 valence electrons. The lowest BCUT2D eigenvalue weighted by Gasteiger charge is -2.37. The van der Waals surface area contributed by atoms with E-state index in [1.54, 1.807) is 6.20 Å². The number of hydrogen-bond donors (Lipinski definition) is 1. The molecule has 4 rings (SSSR count). The maximum Gasteiger partial charge on any atom is 0.132 e. The molecule has 1 aliphatic heterocycles. The number of rotatable bonds is 5. The van der Waals surface area contributed by atoms with Gasteiger partial charge >= 0.3 is 0 Å². The van der Waals surface area contributed by atoms with E-state index < -0.39 is 6.10 Å². The standard InChI is InChI=1S/C22H25N3OS/c1-17-6-8-18(9-7-17)16-24-11-13-25(14-12-24)20-5-3-2-4-19(20)21(26)22-23-10-15-27-22/h2-10,15,21,26H,11-14,16H2,1H3. The highest BCUT2D eigenvalue weighted by Gasteiger charge is 2.23. The van der Waals surface area contributed by atoms with Gasteiger partial charge in [-0.15, -0.1) is 11.3 Å². The van der Waals surface area contributed by atoms with E-state index >= 15 is 0 Å². The number of thiazole rings is 1. The van der Waals surface area contributed by atoms with Crippen molar-refractivity contribution in [2.75, 3.05) is 31.1 Å². The van der Waals surface area contributed by atoms with Crippen molar-refractivity contribution in [3.63, 3.8) is 0 Å². The highest BCUT2D eigenvalue weighted by Crippen LogP contribution is 2.32. The summed E-state index contributed by atoms with van der Waals surface area (Å²) in [5, 5.41) is 13.4. The summed E-state index contributed by atoms with van der Waals surface area (Å²) < 4.78 is 0. The molecule has 5 heteroatoms. The van der Waals surface area contributed by atoms with Crippen molar-refractivity contribution in [1.82, 2.24) is 9.88 Å². The lowest BCUT2D eigenvalue weighted by Crippen LogP contribution is -2.46. The second-order valence-corrected chi connectivity index (χ2v) is 8.01. The zero-order chi connectivity index (χ0) is 18.6. The second-order valence-electron chi connectivity index (χ2n) is 7.08. The third-order valence-corrected chi connectivity index (χ3v) is 5.98. The van der Waals surface area contributed by atoms with Gasteiger partial charge in [0.05, 0.1) is 0 Å². The Kier molecular flexibility index (Phi) is 5.53. The highest BCUT2D eigenvalue weighted by molar-refractivity contribution is 7.09. The summed E-state index contributed by atoms with van der Waals surface area (Å²) in [6.45, 7) is 7.10. The van der Waals surface area contributed by atoms with Gasteiger partial charge in [-0.2, -0.15) is 0 Å². The van der Waals surface area contributed by atoms with Gasteiger partial charge < -0.3 is 10.0 Å². The van der Waals surface area contributed by atoms with Gasteiger partial charge in [-0.1, -0.05) is 48.0 Å². The first-order chi connectivity index (χ1) is 13.2. The minimum Gasteiger partial charge on any atom is -0.381 e. The van der Waals surface area contributed by atoms with Crippen molar-refractivity contribution in [2.24, 2.45) is 0 Å². The summed E-state index contributed by atoms with van der Waals surface area (Å²) in [7, 11) is 0. The van der Waals surface area contributed by atoms with E-state index in [0.717, 1.165) is 49.0 Å². The maximum absolute atomic E-state index is 10.8. The number of anilines is 1. The van der Waals surface area contributed by atoms with Gasteiger partial charge in [0.15, 0.2) is 0 Å². The molecular weight excluding hydrogens is 354 g/mol. The molecule has 2 aromatic carbocycles. The minimum atomic E-state index is -0.660. The minimum absolute atomic E-state index is 0.660. The van der Waals surface area contributed by atoms with E-state index in [4.69, 9.17) is 0 Å². The summed E-state index contributed by atoms with van der Waals surface area (Å²) in [4.78, 5) is 9.17. The first-order valence-corrected chi connectivity index (χ1v) is 10.3. The predicted molar refractivity (Wildman–Crippen MR) is 111 cm³/mol. The topological polar surface area (TPSA) is 39.6 Å². The van der Waals surface area contributed by atoms with E-state index in [2.05, 4.69) is 52.0 Å². The van der Waals surface area contributed by atoms with E-state index in [1.165, 1.54) is 22.5 Å². The largest absolute Gasteiger partial charge is 0.381 e. The van der Waals surface area contributed by atoms with E-state index in [0.29, 0.717) is 0 Å². The Bertz CT molecular complexity index is 856. The first-order valence-electron chi connectivity index (χ1n) is 9.40. The third-order valence-electron chi connectivity index (χ3n) is 5.16. The molecule has 1 aromatic heterocycles. The molecule has 0 spiro atoms. The third kappa shape index (κ3) is 4.21. The average molecular weight is 380 g/mol. The number of aromatic nitrogens is 1. The number of aliphatic hydroxyl groups is 1. The fourth-order valence-electron chi connectivity index (χ4n) is 3.61. The van der Waals surface area contributed by atoms with E-state index in [9.17, 15) is 5.11 Å². The van der Waals surface area contributed by atoms with Gasteiger partial charge in [-0.3, -0.25) is 4.90 Å². The molecule has 1 fully saturated rings. The monoisotopic (exact) mass is 379 g/mol. The van der Waals surface area contributed by atoms with Crippen LogP contribution in [0.1, 0.15) is 27.8 Å². The van der Waals surface area contributed by atoms with Gasteiger partial charge in [-0.25, -0.2) is 4.98 Å². The van der Waals surface area contributed by atoms with Crippen molar-refractivity contribution in [3.8, 4) is 0 Å². The Labute approximate surface area is 164 Å². The first kappa shape index (κ1) is 18.2. The summed E-state index contributed by atoms with van der Waals surface area (Å²) in [6, 6.07) is 17.0. The average Bonchev–Trinajstić information content (AvgIpc) is 3.25. The Balaban J connectivity index is 1.43. The van der Waals surface area contributed by atoms with Crippen molar-refractivity contribution < 1.29 is 5.11 Å². The normalized spacial score (nSPS) is 16.4. The zero-order valence-electron chi connectivity index (χ0n) is 15.6. The van der Waals surface area contributed by atoms with Crippen molar-refractivity contribution in [3.05, 3.63) is 81.8 Å². The number of benzene rings is 2. The van der Waals surface area contributed by atoms with E-state index in [1.807, 2.05) is 23.6 Å². The maximum atomic E-state index is 10.8. The van der Waals surface area contributed by atoms with Crippen LogP contribution in [0.3, 0.4) is 0 Å². The quantitative estimate of drug-likeness (QED) is 0.731. The molecule has 1 N–H and O–H groups in total. The molecule has 1 atom stereocenters. The summed E-state index contributed by atoms with van der Waals surface area (Å²) in [5.41, 5.74) is 4.74. The Morgan fingerprint density at radius 3 is 2.48 bits per heavy atom. The Morgan fingerprint density at radius 2 is 1.78 bits per heavy atom. The van der Waals surface area contributed by atoms with Crippen molar-refractivity contribution in [2.45, 2.75) is 19.6 Å². The van der Waals surface area contributed by atoms with Crippen molar-refractivity contribution >= 4 is 17.0 Å². The molecule has 4 nitrogen and oxygen atoms in total. The number of para-hydroxylation sites is 1. The zero-order valence-corrected chi connectivity index (χ0v) is 16.4. The van der Waals surface area contributed by atoms with Gasteiger partial charge in [0.2, 0.25) is 0 Å². The fraction of sp³-hybridized carbons (Fsp3) is 0.318. The predicted octanol–water partition coefficient (Wildman–Crippen LogP) is 3.86. The number of aliphatic hydroxyl groups excluding tert-OH is 1. The molecular formula is C22H25N3OS. The van der Waals surface area contributed by atoms with Crippen LogP contribution in [0.5, 0.6) is 0 Å². The van der Waals surface area contributed by atoms with Crippen LogP contribution >= 0.6 is 11.3 Å². The molecule has 1 aliphatic rings. The van der Waals surface area contributed by atoms with Crippen LogP contribution in [-0.4, -0.2) is 41.2 Å². The highest BCUT2D eigenvalue weighted by atomic mass is 32.1. The SMILES string of the molecule is Cc1ccc(CN2CCN(c3ccccc3C(O)c3nccs3)CC2)cc1. The molecule has 1 unspecified atom stereocenters. The fourth-order valence-corrected chi connectivity index (χ4v) is 4.25. The molecule has 0 amide bonds. The van der Waals surface area contributed by atoms with Crippen LogP contribution in [-0.2, 0) is 6.54 Å². The molecule has 0 radical (unpaired) electrons. The molecule has 1 saturated heterocycles. The van der Waals surface area contributed by atoms with Crippen LogP contribution in [0.2, 0.25) is 0 Å². The van der Waals surface area contributed by atoms with Crippen LogP contribution in [0.15, 0.2) is 60.1 Å². The number of aryl methyl sites for hydroxylation is 1. The van der Waals surface area contributed by atoms with Crippen LogP contribution in [0.25, 0.3) is 0 Å². The second kappa shape index (κ2) is 8.21. The number of nitrogens with zero attached hydrogens (tertiary/aromatic N) is 3. The van der Waals surface area contributed by atoms with Gasteiger partial charge in [0, 0.05) is 55.6 Å². The molecule has 3 aromatic rings. The van der Waals surface area contributed by atoms with E-state index in [-0.39, 0.29) is 0 Å². The van der Waals surface area contributed by atoms with Gasteiger partial charge in [-0.05, 0) is 18.6 Å². The smallest absolute Gasteiger partial charge is 0.132 e. The van der Waals surface area contributed by atoms with Gasteiger partial charge in [0.25, 0.3) is 0 Å². The molecule has 27 heavy (non-hydrogen) atoms. The Morgan fingerprint density at radius 1 is 1.04 bits per heavy atom.